The van der Waals surface area contributed by atoms with Crippen LogP contribution in [-0.4, -0.2) is 29.1 Å². The van der Waals surface area contributed by atoms with Crippen LogP contribution in [0.2, 0.25) is 0 Å². The Balaban J connectivity index is 2.20. The highest BCUT2D eigenvalue weighted by molar-refractivity contribution is 9.10. The number of piperidine rings is 1. The third kappa shape index (κ3) is 3.33. The van der Waals surface area contributed by atoms with E-state index < -0.39 is 5.97 Å². The van der Waals surface area contributed by atoms with Gasteiger partial charge in [-0.15, -0.1) is 11.3 Å². The maximum atomic E-state index is 11.1. The Morgan fingerprint density at radius 1 is 1.50 bits per heavy atom. The van der Waals surface area contributed by atoms with E-state index in [-0.39, 0.29) is 12.5 Å². The molecule has 1 aromatic heterocycles. The molecule has 0 aromatic carbocycles. The van der Waals surface area contributed by atoms with Gasteiger partial charge >= 0.3 is 5.97 Å². The monoisotopic (exact) mass is 331 g/mol. The van der Waals surface area contributed by atoms with Crippen molar-refractivity contribution in [1.29, 1.82) is 0 Å². The van der Waals surface area contributed by atoms with E-state index in [4.69, 9.17) is 5.11 Å². The molecule has 1 unspecified atom stereocenters. The molecule has 1 aliphatic heterocycles. The summed E-state index contributed by atoms with van der Waals surface area (Å²) < 4.78 is 1.09. The molecule has 1 atom stereocenters. The van der Waals surface area contributed by atoms with Crippen molar-refractivity contribution in [2.24, 2.45) is 0 Å². The predicted molar refractivity (Wildman–Crippen MR) is 77.2 cm³/mol. The van der Waals surface area contributed by atoms with Crippen LogP contribution in [0.5, 0.6) is 0 Å². The zero-order valence-corrected chi connectivity index (χ0v) is 12.9. The van der Waals surface area contributed by atoms with Gasteiger partial charge < -0.3 is 5.11 Å². The van der Waals surface area contributed by atoms with Gasteiger partial charge in [-0.2, -0.15) is 0 Å². The number of halogens is 1. The third-order valence-electron chi connectivity index (χ3n) is 3.40. The standard InChI is InChI=1S/C13H18BrNO2S/c1-9-10(14)7-12(18-9)11(8-13(16)17)15-5-3-2-4-6-15/h7,11H,2-6,8H2,1H3,(H,16,17). The lowest BCUT2D eigenvalue weighted by molar-refractivity contribution is -0.138. The van der Waals surface area contributed by atoms with Gasteiger partial charge in [0.15, 0.2) is 0 Å². The van der Waals surface area contributed by atoms with E-state index >= 15 is 0 Å². The van der Waals surface area contributed by atoms with Crippen molar-refractivity contribution in [2.45, 2.75) is 38.6 Å². The lowest BCUT2D eigenvalue weighted by atomic mass is 10.0. The van der Waals surface area contributed by atoms with Crippen molar-refractivity contribution in [3.8, 4) is 0 Å². The van der Waals surface area contributed by atoms with Gasteiger partial charge in [0.2, 0.25) is 0 Å². The minimum Gasteiger partial charge on any atom is -0.481 e. The number of carboxylic acids is 1. The summed E-state index contributed by atoms with van der Waals surface area (Å²) in [4.78, 5) is 15.8. The molecule has 0 saturated carbocycles. The van der Waals surface area contributed by atoms with Gasteiger partial charge in [-0.25, -0.2) is 0 Å². The second-order valence-electron chi connectivity index (χ2n) is 4.76. The van der Waals surface area contributed by atoms with Crippen molar-refractivity contribution in [3.05, 3.63) is 20.3 Å². The number of thiophene rings is 1. The fourth-order valence-corrected chi connectivity index (χ4v) is 4.15. The molecule has 1 aromatic rings. The van der Waals surface area contributed by atoms with Crippen LogP contribution in [0.4, 0.5) is 0 Å². The van der Waals surface area contributed by atoms with Crippen molar-refractivity contribution >= 4 is 33.2 Å². The number of nitrogens with zero attached hydrogens (tertiary/aromatic N) is 1. The third-order valence-corrected chi connectivity index (χ3v) is 5.64. The lowest BCUT2D eigenvalue weighted by Crippen LogP contribution is -2.34. The summed E-state index contributed by atoms with van der Waals surface area (Å²) >= 11 is 5.23. The Bertz CT molecular complexity index is 407. The van der Waals surface area contributed by atoms with E-state index in [1.807, 2.05) is 0 Å². The van der Waals surface area contributed by atoms with Crippen LogP contribution in [0.3, 0.4) is 0 Å². The summed E-state index contributed by atoms with van der Waals surface area (Å²) in [6.45, 7) is 4.10. The summed E-state index contributed by atoms with van der Waals surface area (Å²) in [5.74, 6) is -0.715. The van der Waals surface area contributed by atoms with Gasteiger partial charge in [-0.3, -0.25) is 9.69 Å². The van der Waals surface area contributed by atoms with E-state index in [2.05, 4.69) is 33.8 Å². The van der Waals surface area contributed by atoms with Crippen molar-refractivity contribution in [3.63, 3.8) is 0 Å². The molecule has 0 amide bonds. The van der Waals surface area contributed by atoms with Crippen LogP contribution in [-0.2, 0) is 4.79 Å². The van der Waals surface area contributed by atoms with Crippen LogP contribution in [0, 0.1) is 6.92 Å². The Morgan fingerprint density at radius 3 is 2.67 bits per heavy atom. The lowest BCUT2D eigenvalue weighted by Gasteiger charge is -2.33. The smallest absolute Gasteiger partial charge is 0.305 e. The van der Waals surface area contributed by atoms with Gasteiger partial charge in [0, 0.05) is 14.2 Å². The first-order valence-corrected chi connectivity index (χ1v) is 7.90. The van der Waals surface area contributed by atoms with Gasteiger partial charge in [-0.1, -0.05) is 6.42 Å². The zero-order chi connectivity index (χ0) is 13.1. The quantitative estimate of drug-likeness (QED) is 0.911. The molecule has 0 aliphatic carbocycles. The normalized spacial score (nSPS) is 18.8. The van der Waals surface area contributed by atoms with E-state index in [0.29, 0.717) is 0 Å². The molecule has 3 nitrogen and oxygen atoms in total. The van der Waals surface area contributed by atoms with Crippen LogP contribution in [0.1, 0.15) is 41.5 Å². The van der Waals surface area contributed by atoms with Gasteiger partial charge in [-0.05, 0) is 54.9 Å². The molecule has 0 spiro atoms. The molecule has 1 N–H and O–H groups in total. The highest BCUT2D eigenvalue weighted by Crippen LogP contribution is 2.36. The predicted octanol–water partition coefficient (Wildman–Crippen LogP) is 3.82. The molecular formula is C13H18BrNO2S. The first-order chi connectivity index (χ1) is 8.58. The average Bonchev–Trinajstić information content (AvgIpc) is 2.67. The Morgan fingerprint density at radius 2 is 2.17 bits per heavy atom. The molecule has 1 fully saturated rings. The average molecular weight is 332 g/mol. The van der Waals surface area contributed by atoms with E-state index in [0.717, 1.165) is 17.6 Å². The summed E-state index contributed by atoms with van der Waals surface area (Å²) in [7, 11) is 0. The molecule has 2 rings (SSSR count). The van der Waals surface area contributed by atoms with E-state index in [1.54, 1.807) is 11.3 Å². The minimum atomic E-state index is -0.715. The Hall–Kier alpha value is -0.390. The summed E-state index contributed by atoms with van der Waals surface area (Å²) in [6, 6.07) is 2.13. The highest BCUT2D eigenvalue weighted by Gasteiger charge is 2.26. The van der Waals surface area contributed by atoms with Gasteiger partial charge in [0.1, 0.15) is 0 Å². The first-order valence-electron chi connectivity index (χ1n) is 6.29. The summed E-state index contributed by atoms with van der Waals surface area (Å²) in [5, 5.41) is 9.12. The molecule has 5 heteroatoms. The molecular weight excluding hydrogens is 314 g/mol. The number of rotatable bonds is 4. The van der Waals surface area contributed by atoms with Crippen LogP contribution in [0.15, 0.2) is 10.5 Å². The number of carboxylic acid groups (broad SMARTS) is 1. The highest BCUT2D eigenvalue weighted by atomic mass is 79.9. The molecule has 1 aliphatic rings. The SMILES string of the molecule is Cc1sc(C(CC(=O)O)N2CCCCC2)cc1Br. The van der Waals surface area contributed by atoms with Gasteiger partial charge in [0.05, 0.1) is 12.5 Å². The summed E-state index contributed by atoms with van der Waals surface area (Å²) in [6.07, 6.45) is 3.83. The van der Waals surface area contributed by atoms with Crippen molar-refractivity contribution in [2.75, 3.05) is 13.1 Å². The summed E-state index contributed by atoms with van der Waals surface area (Å²) in [5.41, 5.74) is 0. The number of likely N-dealkylation sites (tertiary alicyclic amines) is 1. The van der Waals surface area contributed by atoms with Crippen molar-refractivity contribution < 1.29 is 9.90 Å². The fourth-order valence-electron chi connectivity index (χ4n) is 2.45. The molecule has 0 bridgehead atoms. The fraction of sp³-hybridized carbons (Fsp3) is 0.615. The molecule has 1 saturated heterocycles. The number of aryl methyl sites for hydroxylation is 1. The maximum Gasteiger partial charge on any atom is 0.305 e. The maximum absolute atomic E-state index is 11.1. The second kappa shape index (κ2) is 6.17. The number of carbonyl (C=O) groups is 1. The Labute approximate surface area is 120 Å². The van der Waals surface area contributed by atoms with Crippen LogP contribution < -0.4 is 0 Å². The molecule has 100 valence electrons. The van der Waals surface area contributed by atoms with Crippen LogP contribution in [0.25, 0.3) is 0 Å². The van der Waals surface area contributed by atoms with E-state index in [9.17, 15) is 4.79 Å². The number of aliphatic carboxylic acids is 1. The zero-order valence-electron chi connectivity index (χ0n) is 10.5. The molecule has 18 heavy (non-hydrogen) atoms. The van der Waals surface area contributed by atoms with E-state index in [1.165, 1.54) is 29.0 Å². The van der Waals surface area contributed by atoms with Crippen molar-refractivity contribution in [1.82, 2.24) is 4.90 Å². The number of hydrogen-bond donors (Lipinski definition) is 1. The molecule has 2 heterocycles. The second-order valence-corrected chi connectivity index (χ2v) is 6.91. The van der Waals surface area contributed by atoms with Gasteiger partial charge in [0.25, 0.3) is 0 Å². The topological polar surface area (TPSA) is 40.5 Å². The van der Waals surface area contributed by atoms with Crippen LogP contribution >= 0.6 is 27.3 Å². The Kier molecular flexibility index (Phi) is 4.81. The first kappa shape index (κ1) is 14.0. The number of hydrogen-bond acceptors (Lipinski definition) is 3. The largest absolute Gasteiger partial charge is 0.481 e. The minimum absolute atomic E-state index is 0.0396. The molecule has 0 radical (unpaired) electrons.